The topological polar surface area (TPSA) is 54.9 Å². The molecule has 0 saturated carbocycles. The van der Waals surface area contributed by atoms with Crippen LogP contribution in [0.4, 0.5) is 0 Å². The van der Waals surface area contributed by atoms with Crippen molar-refractivity contribution < 1.29 is 14.3 Å². The van der Waals surface area contributed by atoms with Gasteiger partial charge < -0.3 is 14.4 Å². The number of likely N-dealkylation sites (tertiary alicyclic amines) is 1. The van der Waals surface area contributed by atoms with E-state index in [2.05, 4.69) is 24.1 Å². The fraction of sp³-hybridized carbons (Fsp3) is 0.545. The smallest absolute Gasteiger partial charge is 0.225 e. The largest absolute Gasteiger partial charge is 0.493 e. The van der Waals surface area contributed by atoms with Crippen molar-refractivity contribution >= 4 is 17.2 Å². The van der Waals surface area contributed by atoms with Gasteiger partial charge in [-0.3, -0.25) is 9.69 Å². The number of ether oxygens (including phenoxy) is 2. The lowest BCUT2D eigenvalue weighted by Crippen LogP contribution is -2.43. The maximum atomic E-state index is 12.5. The van der Waals surface area contributed by atoms with Crippen LogP contribution >= 0.6 is 11.3 Å². The van der Waals surface area contributed by atoms with Crippen LogP contribution in [0.3, 0.4) is 0 Å². The second-order valence-electron chi connectivity index (χ2n) is 7.81. The lowest BCUT2D eigenvalue weighted by Gasteiger charge is -2.34. The van der Waals surface area contributed by atoms with Crippen molar-refractivity contribution in [3.8, 4) is 22.1 Å². The fourth-order valence-corrected chi connectivity index (χ4v) is 4.40. The number of benzene rings is 1. The molecule has 1 aliphatic rings. The van der Waals surface area contributed by atoms with E-state index in [0.717, 1.165) is 48.7 Å². The zero-order valence-corrected chi connectivity index (χ0v) is 18.8. The predicted molar refractivity (Wildman–Crippen MR) is 117 cm³/mol. The zero-order chi connectivity index (χ0) is 21.0. The maximum Gasteiger partial charge on any atom is 0.225 e. The van der Waals surface area contributed by atoms with Gasteiger partial charge in [-0.15, -0.1) is 11.3 Å². The Morgan fingerprint density at radius 2 is 1.93 bits per heavy atom. The van der Waals surface area contributed by atoms with Crippen molar-refractivity contribution in [1.82, 2.24) is 14.8 Å². The van der Waals surface area contributed by atoms with Crippen LogP contribution in [0.2, 0.25) is 0 Å². The Hall–Kier alpha value is -2.12. The number of methoxy groups -OCH3 is 2. The first kappa shape index (κ1) is 21.6. The van der Waals surface area contributed by atoms with Crippen molar-refractivity contribution in [1.29, 1.82) is 0 Å². The van der Waals surface area contributed by atoms with Gasteiger partial charge in [-0.05, 0) is 58.0 Å². The molecule has 29 heavy (non-hydrogen) atoms. The Balaban J connectivity index is 1.58. The molecule has 0 atom stereocenters. The van der Waals surface area contributed by atoms with E-state index in [-0.39, 0.29) is 17.9 Å². The van der Waals surface area contributed by atoms with E-state index in [9.17, 15) is 4.79 Å². The summed E-state index contributed by atoms with van der Waals surface area (Å²) >= 11 is 1.64. The van der Waals surface area contributed by atoms with Crippen molar-refractivity contribution in [2.45, 2.75) is 39.3 Å². The number of rotatable bonds is 7. The van der Waals surface area contributed by atoms with Gasteiger partial charge in [0, 0.05) is 36.5 Å². The summed E-state index contributed by atoms with van der Waals surface area (Å²) in [6, 6.07) is 6.13. The second-order valence-corrected chi connectivity index (χ2v) is 8.67. The standard InChI is InChI=1S/C22H31N3O3S/c1-15(2)24(3)22(26)16-8-10-25(11-9-16)13-18-14-29-21(23-18)17-6-7-19(27-4)20(12-17)28-5/h6-7,12,14-16H,8-11,13H2,1-5H3. The number of hydrogen-bond acceptors (Lipinski definition) is 6. The summed E-state index contributed by atoms with van der Waals surface area (Å²) in [6.45, 7) is 6.82. The predicted octanol–water partition coefficient (Wildman–Crippen LogP) is 3.91. The van der Waals surface area contributed by atoms with Crippen LogP contribution in [0.15, 0.2) is 23.6 Å². The molecule has 0 N–H and O–H groups in total. The Labute approximate surface area is 177 Å². The summed E-state index contributed by atoms with van der Waals surface area (Å²) in [7, 11) is 5.18. The average Bonchev–Trinajstić information content (AvgIpc) is 3.21. The highest BCUT2D eigenvalue weighted by atomic mass is 32.1. The lowest BCUT2D eigenvalue weighted by molar-refractivity contribution is -0.137. The second kappa shape index (κ2) is 9.59. The van der Waals surface area contributed by atoms with Gasteiger partial charge in [0.1, 0.15) is 5.01 Å². The van der Waals surface area contributed by atoms with Crippen LogP contribution in [-0.2, 0) is 11.3 Å². The van der Waals surface area contributed by atoms with E-state index in [0.29, 0.717) is 11.5 Å². The van der Waals surface area contributed by atoms with E-state index in [4.69, 9.17) is 14.5 Å². The highest BCUT2D eigenvalue weighted by molar-refractivity contribution is 7.13. The Bertz CT molecular complexity index is 828. The molecule has 2 aromatic rings. The molecule has 0 aliphatic carbocycles. The van der Waals surface area contributed by atoms with Crippen molar-refractivity contribution in [3.63, 3.8) is 0 Å². The van der Waals surface area contributed by atoms with Gasteiger partial charge in [-0.25, -0.2) is 4.98 Å². The van der Waals surface area contributed by atoms with E-state index in [1.807, 2.05) is 30.1 Å². The highest BCUT2D eigenvalue weighted by Crippen LogP contribution is 2.33. The van der Waals surface area contributed by atoms with E-state index in [1.165, 1.54) is 0 Å². The summed E-state index contributed by atoms with van der Waals surface area (Å²) in [5.74, 6) is 1.86. The van der Waals surface area contributed by atoms with Crippen LogP contribution in [0.25, 0.3) is 10.6 Å². The van der Waals surface area contributed by atoms with E-state index < -0.39 is 0 Å². The van der Waals surface area contributed by atoms with Gasteiger partial charge in [0.05, 0.1) is 19.9 Å². The number of aromatic nitrogens is 1. The number of nitrogens with zero attached hydrogens (tertiary/aromatic N) is 3. The summed E-state index contributed by atoms with van der Waals surface area (Å²) < 4.78 is 10.7. The maximum absolute atomic E-state index is 12.5. The minimum absolute atomic E-state index is 0.149. The molecule has 6 nitrogen and oxygen atoms in total. The molecule has 0 spiro atoms. The first-order valence-corrected chi connectivity index (χ1v) is 11.0. The first-order valence-electron chi connectivity index (χ1n) is 10.1. The average molecular weight is 418 g/mol. The molecule has 1 fully saturated rings. The quantitative estimate of drug-likeness (QED) is 0.684. The van der Waals surface area contributed by atoms with Crippen LogP contribution in [0.1, 0.15) is 32.4 Å². The summed E-state index contributed by atoms with van der Waals surface area (Å²) in [5.41, 5.74) is 2.10. The lowest BCUT2D eigenvalue weighted by atomic mass is 9.95. The number of piperidine rings is 1. The molecule has 2 heterocycles. The molecule has 0 bridgehead atoms. The molecule has 1 aliphatic heterocycles. The number of thiazole rings is 1. The van der Waals surface area contributed by atoms with Crippen molar-refractivity contribution in [2.75, 3.05) is 34.4 Å². The van der Waals surface area contributed by atoms with Crippen LogP contribution in [-0.4, -0.2) is 61.1 Å². The third kappa shape index (κ3) is 5.08. The van der Waals surface area contributed by atoms with E-state index in [1.54, 1.807) is 25.6 Å². The molecule has 0 radical (unpaired) electrons. The zero-order valence-electron chi connectivity index (χ0n) is 18.0. The summed E-state index contributed by atoms with van der Waals surface area (Å²) in [6.07, 6.45) is 1.84. The molecular formula is C22H31N3O3S. The molecule has 3 rings (SSSR count). The summed E-state index contributed by atoms with van der Waals surface area (Å²) in [4.78, 5) is 21.6. The van der Waals surface area contributed by atoms with Gasteiger partial charge in [-0.1, -0.05) is 0 Å². The molecule has 158 valence electrons. The van der Waals surface area contributed by atoms with Crippen LogP contribution in [0, 0.1) is 5.92 Å². The third-order valence-corrected chi connectivity index (χ3v) is 6.57. The number of carbonyl (C=O) groups is 1. The highest BCUT2D eigenvalue weighted by Gasteiger charge is 2.28. The molecule has 1 amide bonds. The Kier molecular flexibility index (Phi) is 7.14. The first-order chi connectivity index (χ1) is 13.9. The molecule has 0 unspecified atom stereocenters. The number of amides is 1. The van der Waals surface area contributed by atoms with Crippen molar-refractivity contribution in [3.05, 3.63) is 29.3 Å². The Morgan fingerprint density at radius 3 is 2.55 bits per heavy atom. The van der Waals surface area contributed by atoms with E-state index >= 15 is 0 Å². The van der Waals surface area contributed by atoms with Crippen LogP contribution < -0.4 is 9.47 Å². The number of hydrogen-bond donors (Lipinski definition) is 0. The molecule has 1 saturated heterocycles. The van der Waals surface area contributed by atoms with Gasteiger partial charge in [0.2, 0.25) is 5.91 Å². The van der Waals surface area contributed by atoms with Gasteiger partial charge in [0.15, 0.2) is 11.5 Å². The van der Waals surface area contributed by atoms with Gasteiger partial charge in [-0.2, -0.15) is 0 Å². The van der Waals surface area contributed by atoms with Crippen molar-refractivity contribution in [2.24, 2.45) is 5.92 Å². The minimum atomic E-state index is 0.149. The normalized spacial score (nSPS) is 15.5. The fourth-order valence-electron chi connectivity index (χ4n) is 3.59. The van der Waals surface area contributed by atoms with Crippen LogP contribution in [0.5, 0.6) is 11.5 Å². The Morgan fingerprint density at radius 1 is 1.24 bits per heavy atom. The third-order valence-electron chi connectivity index (χ3n) is 5.63. The SMILES string of the molecule is COc1ccc(-c2nc(CN3CCC(C(=O)N(C)C(C)C)CC3)cs2)cc1OC. The summed E-state index contributed by atoms with van der Waals surface area (Å²) in [5, 5.41) is 3.10. The monoisotopic (exact) mass is 417 g/mol. The molecular weight excluding hydrogens is 386 g/mol. The molecule has 7 heteroatoms. The molecule has 1 aromatic heterocycles. The number of carbonyl (C=O) groups excluding carboxylic acids is 1. The van der Waals surface area contributed by atoms with Gasteiger partial charge in [0.25, 0.3) is 0 Å². The molecule has 1 aromatic carbocycles. The van der Waals surface area contributed by atoms with Gasteiger partial charge >= 0.3 is 0 Å². The minimum Gasteiger partial charge on any atom is -0.493 e.